The lowest BCUT2D eigenvalue weighted by Crippen LogP contribution is -2.42. The van der Waals surface area contributed by atoms with Gasteiger partial charge in [0.1, 0.15) is 5.01 Å². The van der Waals surface area contributed by atoms with Crippen LogP contribution in [0.5, 0.6) is 0 Å². The van der Waals surface area contributed by atoms with Gasteiger partial charge in [-0.15, -0.1) is 11.3 Å². The number of hydrogen-bond acceptors (Lipinski definition) is 3. The van der Waals surface area contributed by atoms with Gasteiger partial charge in [0.05, 0.1) is 11.2 Å². The Morgan fingerprint density at radius 2 is 1.84 bits per heavy atom. The van der Waals surface area contributed by atoms with Crippen molar-refractivity contribution in [1.82, 2.24) is 10.3 Å². The summed E-state index contributed by atoms with van der Waals surface area (Å²) in [5.41, 5.74) is 1.48. The summed E-state index contributed by atoms with van der Waals surface area (Å²) in [7, 11) is 0. The standard InChI is InChI=1S/C16H28N2S/c1-4-12-17-16(10-8-6-7-9-11-16)15-18-14(5-2)13(3)19-15/h17H,4-12H2,1-3H3. The van der Waals surface area contributed by atoms with Crippen molar-refractivity contribution < 1.29 is 0 Å². The van der Waals surface area contributed by atoms with Crippen LogP contribution in [0.1, 0.15) is 74.4 Å². The van der Waals surface area contributed by atoms with E-state index in [-0.39, 0.29) is 5.54 Å². The van der Waals surface area contributed by atoms with E-state index in [2.05, 4.69) is 26.1 Å². The molecule has 0 spiro atoms. The molecular weight excluding hydrogens is 252 g/mol. The maximum absolute atomic E-state index is 4.97. The second-order valence-corrected chi connectivity index (χ2v) is 7.00. The van der Waals surface area contributed by atoms with Gasteiger partial charge in [-0.2, -0.15) is 0 Å². The van der Waals surface area contributed by atoms with Crippen molar-refractivity contribution in [3.05, 3.63) is 15.6 Å². The Labute approximate surface area is 122 Å². The Balaban J connectivity index is 2.28. The first-order chi connectivity index (χ1) is 9.22. The van der Waals surface area contributed by atoms with Crippen molar-refractivity contribution in [3.63, 3.8) is 0 Å². The molecule has 1 fully saturated rings. The molecular formula is C16H28N2S. The number of aromatic nitrogens is 1. The molecule has 1 aromatic rings. The number of hydrogen-bond donors (Lipinski definition) is 1. The lowest BCUT2D eigenvalue weighted by molar-refractivity contribution is 0.289. The van der Waals surface area contributed by atoms with E-state index in [9.17, 15) is 0 Å². The Hall–Kier alpha value is -0.410. The Morgan fingerprint density at radius 1 is 1.16 bits per heavy atom. The summed E-state index contributed by atoms with van der Waals surface area (Å²) < 4.78 is 0. The van der Waals surface area contributed by atoms with Gasteiger partial charge in [0.25, 0.3) is 0 Å². The van der Waals surface area contributed by atoms with Crippen LogP contribution in [0.3, 0.4) is 0 Å². The van der Waals surface area contributed by atoms with Crippen LogP contribution in [-0.2, 0) is 12.0 Å². The number of nitrogens with one attached hydrogen (secondary N) is 1. The summed E-state index contributed by atoms with van der Waals surface area (Å²) in [5, 5.41) is 5.21. The van der Waals surface area contributed by atoms with E-state index < -0.39 is 0 Å². The van der Waals surface area contributed by atoms with E-state index in [1.54, 1.807) is 0 Å². The molecule has 2 rings (SSSR count). The number of rotatable bonds is 5. The van der Waals surface area contributed by atoms with Crippen LogP contribution in [0.2, 0.25) is 0 Å². The normalized spacial score (nSPS) is 19.3. The maximum atomic E-state index is 4.97. The monoisotopic (exact) mass is 280 g/mol. The second-order valence-electron chi connectivity index (χ2n) is 5.80. The molecule has 3 heteroatoms. The average Bonchev–Trinajstić information content (AvgIpc) is 2.65. The molecule has 19 heavy (non-hydrogen) atoms. The van der Waals surface area contributed by atoms with Gasteiger partial charge in [-0.1, -0.05) is 39.5 Å². The van der Waals surface area contributed by atoms with Crippen molar-refractivity contribution >= 4 is 11.3 Å². The van der Waals surface area contributed by atoms with Gasteiger partial charge in [-0.3, -0.25) is 0 Å². The van der Waals surface area contributed by atoms with Crippen LogP contribution in [-0.4, -0.2) is 11.5 Å². The summed E-state index contributed by atoms with van der Waals surface area (Å²) in [6.45, 7) is 7.80. The zero-order valence-corrected chi connectivity index (χ0v) is 13.5. The van der Waals surface area contributed by atoms with E-state index in [0.717, 1.165) is 13.0 Å². The molecule has 0 saturated heterocycles. The SMILES string of the molecule is CCCNC1(c2nc(CC)c(C)s2)CCCCCC1. The van der Waals surface area contributed by atoms with Gasteiger partial charge < -0.3 is 5.32 Å². The molecule has 0 bridgehead atoms. The summed E-state index contributed by atoms with van der Waals surface area (Å²) >= 11 is 1.93. The van der Waals surface area contributed by atoms with E-state index in [1.807, 2.05) is 11.3 Å². The fourth-order valence-electron chi connectivity index (χ4n) is 3.12. The smallest absolute Gasteiger partial charge is 0.113 e. The lowest BCUT2D eigenvalue weighted by atomic mass is 9.90. The molecule has 0 unspecified atom stereocenters. The van der Waals surface area contributed by atoms with Gasteiger partial charge in [0, 0.05) is 4.88 Å². The van der Waals surface area contributed by atoms with Crippen LogP contribution in [0, 0.1) is 6.92 Å². The number of aryl methyl sites for hydroxylation is 2. The first kappa shape index (κ1) is 15.0. The van der Waals surface area contributed by atoms with E-state index in [0.29, 0.717) is 0 Å². The highest BCUT2D eigenvalue weighted by atomic mass is 32.1. The average molecular weight is 280 g/mol. The Kier molecular flexibility index (Phi) is 5.40. The van der Waals surface area contributed by atoms with Crippen molar-refractivity contribution in [2.24, 2.45) is 0 Å². The summed E-state index contributed by atoms with van der Waals surface area (Å²) in [6, 6.07) is 0. The molecule has 1 aliphatic rings. The Bertz CT molecular complexity index is 389. The predicted molar refractivity (Wildman–Crippen MR) is 83.9 cm³/mol. The van der Waals surface area contributed by atoms with Crippen molar-refractivity contribution in [2.75, 3.05) is 6.54 Å². The maximum Gasteiger partial charge on any atom is 0.113 e. The van der Waals surface area contributed by atoms with Crippen molar-refractivity contribution in [3.8, 4) is 0 Å². The van der Waals surface area contributed by atoms with Crippen LogP contribution >= 0.6 is 11.3 Å². The third kappa shape index (κ3) is 3.38. The minimum absolute atomic E-state index is 0.176. The highest BCUT2D eigenvalue weighted by Gasteiger charge is 2.35. The van der Waals surface area contributed by atoms with E-state index in [1.165, 1.54) is 60.5 Å². The second kappa shape index (κ2) is 6.85. The zero-order valence-electron chi connectivity index (χ0n) is 12.7. The minimum Gasteiger partial charge on any atom is -0.305 e. The van der Waals surface area contributed by atoms with Crippen LogP contribution < -0.4 is 5.32 Å². The van der Waals surface area contributed by atoms with E-state index in [4.69, 9.17) is 4.98 Å². The molecule has 2 nitrogen and oxygen atoms in total. The number of thiazole rings is 1. The molecule has 1 heterocycles. The van der Waals surface area contributed by atoms with Gasteiger partial charge in [-0.05, 0) is 39.2 Å². The summed E-state index contributed by atoms with van der Waals surface area (Å²) in [5.74, 6) is 0. The number of nitrogens with zero attached hydrogens (tertiary/aromatic N) is 1. The largest absolute Gasteiger partial charge is 0.305 e. The quantitative estimate of drug-likeness (QED) is 0.800. The third-order valence-electron chi connectivity index (χ3n) is 4.31. The van der Waals surface area contributed by atoms with Crippen LogP contribution in [0.25, 0.3) is 0 Å². The zero-order chi connectivity index (χ0) is 13.7. The summed E-state index contributed by atoms with van der Waals surface area (Å²) in [4.78, 5) is 6.39. The fourth-order valence-corrected chi connectivity index (χ4v) is 4.35. The fraction of sp³-hybridized carbons (Fsp3) is 0.812. The topological polar surface area (TPSA) is 24.9 Å². The Morgan fingerprint density at radius 3 is 2.37 bits per heavy atom. The summed E-state index contributed by atoms with van der Waals surface area (Å²) in [6.07, 6.45) is 10.3. The molecule has 1 saturated carbocycles. The van der Waals surface area contributed by atoms with Crippen LogP contribution in [0.4, 0.5) is 0 Å². The predicted octanol–water partition coefficient (Wildman–Crippen LogP) is 4.56. The third-order valence-corrected chi connectivity index (χ3v) is 5.52. The first-order valence-electron chi connectivity index (χ1n) is 7.93. The molecule has 0 aromatic carbocycles. The minimum atomic E-state index is 0.176. The highest BCUT2D eigenvalue weighted by molar-refractivity contribution is 7.11. The van der Waals surface area contributed by atoms with Crippen LogP contribution in [0.15, 0.2) is 0 Å². The highest BCUT2D eigenvalue weighted by Crippen LogP contribution is 2.38. The van der Waals surface area contributed by atoms with Crippen molar-refractivity contribution in [1.29, 1.82) is 0 Å². The molecule has 1 aliphatic carbocycles. The van der Waals surface area contributed by atoms with E-state index >= 15 is 0 Å². The molecule has 0 atom stereocenters. The molecule has 1 aromatic heterocycles. The molecule has 0 amide bonds. The van der Waals surface area contributed by atoms with Crippen molar-refractivity contribution in [2.45, 2.75) is 77.7 Å². The molecule has 0 radical (unpaired) electrons. The molecule has 0 aliphatic heterocycles. The van der Waals surface area contributed by atoms with Gasteiger partial charge in [0.15, 0.2) is 0 Å². The first-order valence-corrected chi connectivity index (χ1v) is 8.75. The van der Waals surface area contributed by atoms with Gasteiger partial charge in [-0.25, -0.2) is 4.98 Å². The van der Waals surface area contributed by atoms with Gasteiger partial charge in [0.2, 0.25) is 0 Å². The van der Waals surface area contributed by atoms with Gasteiger partial charge >= 0.3 is 0 Å². The molecule has 1 N–H and O–H groups in total. The molecule has 108 valence electrons. The lowest BCUT2D eigenvalue weighted by Gasteiger charge is -2.32.